The first-order chi connectivity index (χ1) is 7.99. The van der Waals surface area contributed by atoms with Crippen molar-refractivity contribution in [1.82, 2.24) is 9.78 Å². The zero-order chi connectivity index (χ0) is 12.6. The number of aryl methyl sites for hydroxylation is 2. The Labute approximate surface area is 98.3 Å². The highest BCUT2D eigenvalue weighted by Crippen LogP contribution is 2.46. The number of nitrogens with two attached hydrogens (primary N) is 1. The van der Waals surface area contributed by atoms with Gasteiger partial charge in [0.15, 0.2) is 5.84 Å². The lowest BCUT2D eigenvalue weighted by Crippen LogP contribution is -2.36. The third-order valence-corrected chi connectivity index (χ3v) is 3.04. The summed E-state index contributed by atoms with van der Waals surface area (Å²) in [6.07, 6.45) is 2.93. The predicted molar refractivity (Wildman–Crippen MR) is 61.7 cm³/mol. The van der Waals surface area contributed by atoms with E-state index < -0.39 is 5.41 Å². The molecule has 1 saturated carbocycles. The second-order valence-electron chi connectivity index (χ2n) is 4.32. The summed E-state index contributed by atoms with van der Waals surface area (Å²) in [7, 11) is 1.78. The third kappa shape index (κ3) is 1.83. The Bertz CT molecular complexity index is 487. The van der Waals surface area contributed by atoms with Gasteiger partial charge >= 0.3 is 0 Å². The number of carbonyl (C=O) groups is 1. The first-order valence-corrected chi connectivity index (χ1v) is 5.29. The fourth-order valence-electron chi connectivity index (χ4n) is 1.78. The summed E-state index contributed by atoms with van der Waals surface area (Å²) in [4.78, 5) is 12.0. The van der Waals surface area contributed by atoms with Gasteiger partial charge in [-0.05, 0) is 19.8 Å². The maximum Gasteiger partial charge on any atom is 0.238 e. The lowest BCUT2D eigenvalue weighted by molar-refractivity contribution is -0.119. The highest BCUT2D eigenvalue weighted by molar-refractivity contribution is 6.14. The van der Waals surface area contributed by atoms with Gasteiger partial charge in [-0.15, -0.1) is 0 Å². The second-order valence-corrected chi connectivity index (χ2v) is 4.32. The van der Waals surface area contributed by atoms with Crippen molar-refractivity contribution < 1.29 is 10.0 Å². The van der Waals surface area contributed by atoms with E-state index in [1.54, 1.807) is 24.9 Å². The number of hydrogen-bond donors (Lipinski definition) is 3. The first kappa shape index (κ1) is 11.4. The summed E-state index contributed by atoms with van der Waals surface area (Å²) >= 11 is 0. The second kappa shape index (κ2) is 3.76. The quantitative estimate of drug-likeness (QED) is 0.302. The molecular formula is C10H15N5O2. The van der Waals surface area contributed by atoms with Crippen LogP contribution in [0.4, 0.5) is 5.69 Å². The van der Waals surface area contributed by atoms with Gasteiger partial charge in [0.1, 0.15) is 5.41 Å². The molecule has 1 aliphatic carbocycles. The summed E-state index contributed by atoms with van der Waals surface area (Å²) in [5, 5.41) is 18.5. The molecule has 0 unspecified atom stereocenters. The molecule has 0 atom stereocenters. The molecule has 1 fully saturated rings. The molecule has 4 N–H and O–H groups in total. The smallest absolute Gasteiger partial charge is 0.238 e. The van der Waals surface area contributed by atoms with Gasteiger partial charge in [-0.2, -0.15) is 5.10 Å². The van der Waals surface area contributed by atoms with E-state index in [-0.39, 0.29) is 11.7 Å². The molecule has 0 aliphatic heterocycles. The van der Waals surface area contributed by atoms with E-state index in [0.717, 1.165) is 5.69 Å². The minimum Gasteiger partial charge on any atom is -0.409 e. The van der Waals surface area contributed by atoms with Gasteiger partial charge in [-0.1, -0.05) is 5.16 Å². The number of anilines is 1. The van der Waals surface area contributed by atoms with E-state index in [2.05, 4.69) is 15.6 Å². The minimum atomic E-state index is -0.836. The van der Waals surface area contributed by atoms with E-state index >= 15 is 0 Å². The van der Waals surface area contributed by atoms with Crippen molar-refractivity contribution in [2.24, 2.45) is 23.4 Å². The number of rotatable bonds is 3. The van der Waals surface area contributed by atoms with Crippen LogP contribution in [0.2, 0.25) is 0 Å². The maximum atomic E-state index is 12.0. The van der Waals surface area contributed by atoms with Crippen molar-refractivity contribution in [2.45, 2.75) is 19.8 Å². The van der Waals surface area contributed by atoms with Crippen LogP contribution in [0.3, 0.4) is 0 Å². The van der Waals surface area contributed by atoms with E-state index in [1.165, 1.54) is 0 Å². The van der Waals surface area contributed by atoms with Crippen LogP contribution in [0.1, 0.15) is 18.5 Å². The molecular weight excluding hydrogens is 222 g/mol. The van der Waals surface area contributed by atoms with Crippen LogP contribution >= 0.6 is 0 Å². The summed E-state index contributed by atoms with van der Waals surface area (Å²) in [6.45, 7) is 1.80. The molecule has 92 valence electrons. The number of nitrogens with zero attached hydrogens (tertiary/aromatic N) is 3. The predicted octanol–water partition coefficient (Wildman–Crippen LogP) is 0.194. The topological polar surface area (TPSA) is 106 Å². The zero-order valence-electron chi connectivity index (χ0n) is 9.77. The van der Waals surface area contributed by atoms with Crippen LogP contribution in [0, 0.1) is 12.3 Å². The molecule has 7 heteroatoms. The van der Waals surface area contributed by atoms with Crippen molar-refractivity contribution >= 4 is 17.4 Å². The first-order valence-electron chi connectivity index (χ1n) is 5.29. The molecule has 1 amide bonds. The van der Waals surface area contributed by atoms with Gasteiger partial charge in [0.25, 0.3) is 0 Å². The highest BCUT2D eigenvalue weighted by atomic mass is 16.4. The van der Waals surface area contributed by atoms with E-state index in [9.17, 15) is 4.79 Å². The molecule has 1 aromatic rings. The van der Waals surface area contributed by atoms with Gasteiger partial charge in [0, 0.05) is 13.2 Å². The number of aromatic nitrogens is 2. The third-order valence-electron chi connectivity index (χ3n) is 3.04. The highest BCUT2D eigenvalue weighted by Gasteiger charge is 2.54. The molecule has 0 aromatic carbocycles. The Morgan fingerprint density at radius 1 is 1.71 bits per heavy atom. The molecule has 1 aromatic heterocycles. The Kier molecular flexibility index (Phi) is 2.53. The van der Waals surface area contributed by atoms with Gasteiger partial charge in [-0.25, -0.2) is 0 Å². The van der Waals surface area contributed by atoms with Gasteiger partial charge in [0.05, 0.1) is 11.4 Å². The van der Waals surface area contributed by atoms with Gasteiger partial charge in [0.2, 0.25) is 5.91 Å². The summed E-state index contributed by atoms with van der Waals surface area (Å²) in [5.74, 6) is -0.277. The van der Waals surface area contributed by atoms with Crippen molar-refractivity contribution in [3.8, 4) is 0 Å². The van der Waals surface area contributed by atoms with Crippen LogP contribution in [0.25, 0.3) is 0 Å². The van der Waals surface area contributed by atoms with Gasteiger partial charge in [-0.3, -0.25) is 9.48 Å². The van der Waals surface area contributed by atoms with E-state index in [1.807, 2.05) is 0 Å². The van der Waals surface area contributed by atoms with Crippen LogP contribution in [-0.2, 0) is 11.8 Å². The SMILES string of the molecule is Cc1nn(C)cc1NC(=O)C1(/C(N)=N/O)CC1. The normalized spacial score (nSPS) is 17.9. The lowest BCUT2D eigenvalue weighted by atomic mass is 10.1. The fraction of sp³-hybridized carbons (Fsp3) is 0.500. The summed E-state index contributed by atoms with van der Waals surface area (Å²) in [6, 6.07) is 0. The Balaban J connectivity index is 2.15. The molecule has 7 nitrogen and oxygen atoms in total. The zero-order valence-corrected chi connectivity index (χ0v) is 9.77. The number of hydrogen-bond acceptors (Lipinski definition) is 4. The molecule has 0 spiro atoms. The van der Waals surface area contributed by atoms with Crippen molar-refractivity contribution in [2.75, 3.05) is 5.32 Å². The van der Waals surface area contributed by atoms with E-state index in [0.29, 0.717) is 18.5 Å². The monoisotopic (exact) mass is 237 g/mol. The number of oxime groups is 1. The Morgan fingerprint density at radius 2 is 2.35 bits per heavy atom. The molecule has 0 saturated heterocycles. The number of amidine groups is 1. The average Bonchev–Trinajstić information content (AvgIpc) is 3.02. The molecule has 17 heavy (non-hydrogen) atoms. The molecule has 2 rings (SSSR count). The Hall–Kier alpha value is -2.05. The minimum absolute atomic E-state index is 0.0310. The van der Waals surface area contributed by atoms with Crippen LogP contribution in [-0.4, -0.2) is 26.7 Å². The number of amides is 1. The molecule has 0 bridgehead atoms. The number of nitrogens with one attached hydrogen (secondary N) is 1. The maximum absolute atomic E-state index is 12.0. The van der Waals surface area contributed by atoms with Crippen LogP contribution < -0.4 is 11.1 Å². The lowest BCUT2D eigenvalue weighted by Gasteiger charge is -2.12. The molecule has 1 aliphatic rings. The van der Waals surface area contributed by atoms with Crippen LogP contribution in [0.15, 0.2) is 11.4 Å². The molecule has 0 radical (unpaired) electrons. The van der Waals surface area contributed by atoms with E-state index in [4.69, 9.17) is 10.9 Å². The van der Waals surface area contributed by atoms with Crippen LogP contribution in [0.5, 0.6) is 0 Å². The summed E-state index contributed by atoms with van der Waals surface area (Å²) < 4.78 is 1.62. The van der Waals surface area contributed by atoms with Gasteiger partial charge < -0.3 is 16.3 Å². The summed E-state index contributed by atoms with van der Waals surface area (Å²) in [5.41, 5.74) is 6.07. The standard InChI is InChI=1S/C10H15N5O2/c1-6-7(5-15(2)13-6)12-9(16)10(3-4-10)8(11)14-17/h5,17H,3-4H2,1-2H3,(H2,11,14)(H,12,16). The fourth-order valence-corrected chi connectivity index (χ4v) is 1.78. The number of carbonyl (C=O) groups excluding carboxylic acids is 1. The average molecular weight is 237 g/mol. The van der Waals surface area contributed by atoms with Crippen molar-refractivity contribution in [3.05, 3.63) is 11.9 Å². The van der Waals surface area contributed by atoms with Crippen molar-refractivity contribution in [3.63, 3.8) is 0 Å². The largest absolute Gasteiger partial charge is 0.409 e. The Morgan fingerprint density at radius 3 is 2.76 bits per heavy atom. The van der Waals surface area contributed by atoms with Crippen molar-refractivity contribution in [1.29, 1.82) is 0 Å². The molecule has 1 heterocycles.